The average Bonchev–Trinajstić information content (AvgIpc) is 3.09. The Kier molecular flexibility index (Phi) is 4.23. The highest BCUT2D eigenvalue weighted by molar-refractivity contribution is 6.00. The molecule has 0 spiro atoms. The smallest absolute Gasteiger partial charge is 0.277 e. The Morgan fingerprint density at radius 3 is 2.48 bits per heavy atom. The zero-order valence-electron chi connectivity index (χ0n) is 16.4. The van der Waals surface area contributed by atoms with Crippen molar-refractivity contribution in [2.75, 3.05) is 5.32 Å². The van der Waals surface area contributed by atoms with Gasteiger partial charge in [0.2, 0.25) is 0 Å². The molecule has 29 heavy (non-hydrogen) atoms. The van der Waals surface area contributed by atoms with Crippen molar-refractivity contribution in [3.8, 4) is 5.69 Å². The number of carbonyl (C=O) groups is 1. The normalized spacial score (nSPS) is 18.2. The second-order valence-electron chi connectivity index (χ2n) is 7.70. The van der Waals surface area contributed by atoms with E-state index < -0.39 is 0 Å². The van der Waals surface area contributed by atoms with Crippen molar-refractivity contribution in [1.82, 2.24) is 9.78 Å². The number of allylic oxidation sites excluding steroid dienone is 2. The largest absolute Gasteiger partial charge is 0.343 e. The molecule has 2 N–H and O–H groups in total. The van der Waals surface area contributed by atoms with Gasteiger partial charge in [-0.15, -0.1) is 0 Å². The van der Waals surface area contributed by atoms with Crippen molar-refractivity contribution in [2.45, 2.75) is 38.5 Å². The fourth-order valence-electron chi connectivity index (χ4n) is 4.47. The lowest BCUT2D eigenvalue weighted by molar-refractivity contribution is -0.116. The molecule has 1 aliphatic carbocycles. The highest BCUT2D eigenvalue weighted by Gasteiger charge is 2.38. The van der Waals surface area contributed by atoms with E-state index in [2.05, 4.69) is 41.6 Å². The highest BCUT2D eigenvalue weighted by Crippen LogP contribution is 2.43. The van der Waals surface area contributed by atoms with Crippen LogP contribution < -0.4 is 10.9 Å². The summed E-state index contributed by atoms with van der Waals surface area (Å²) >= 11 is 0. The third-order valence-corrected chi connectivity index (χ3v) is 5.97. The zero-order chi connectivity index (χ0) is 20.0. The number of Topliss-reactive ketones (excluding diaryl/α,β-unsaturated/α-hetero) is 1. The van der Waals surface area contributed by atoms with Crippen LogP contribution in [0.25, 0.3) is 5.69 Å². The maximum Gasteiger partial charge on any atom is 0.277 e. The van der Waals surface area contributed by atoms with E-state index in [0.29, 0.717) is 17.8 Å². The van der Waals surface area contributed by atoms with Gasteiger partial charge in [-0.3, -0.25) is 14.7 Å². The van der Waals surface area contributed by atoms with Crippen molar-refractivity contribution in [2.24, 2.45) is 0 Å². The van der Waals surface area contributed by atoms with Gasteiger partial charge in [0.1, 0.15) is 5.82 Å². The SMILES string of the molecule is CCc1ccc([C@H]2C3=C(CCCC3=O)Nc3[nH]n(-c4ccccc4)c(=O)c32)cc1. The maximum atomic E-state index is 13.5. The number of hydrogen-bond acceptors (Lipinski definition) is 3. The monoisotopic (exact) mass is 385 g/mol. The van der Waals surface area contributed by atoms with E-state index in [1.165, 1.54) is 5.56 Å². The van der Waals surface area contributed by atoms with E-state index in [1.807, 2.05) is 30.3 Å². The van der Waals surface area contributed by atoms with Crippen molar-refractivity contribution in [1.29, 1.82) is 0 Å². The van der Waals surface area contributed by atoms with Crippen LogP contribution in [0.3, 0.4) is 0 Å². The molecule has 2 aromatic carbocycles. The van der Waals surface area contributed by atoms with Crippen LogP contribution >= 0.6 is 0 Å². The Balaban J connectivity index is 1.72. The standard InChI is InChI=1S/C24H23N3O2/c1-2-15-11-13-16(14-12-15)20-21-18(9-6-10-19(21)28)25-23-22(20)24(29)27(26-23)17-7-4-3-5-8-17/h3-5,7-8,11-14,20,25-26H,2,6,9-10H2,1H3/t20-/m0/s1. The summed E-state index contributed by atoms with van der Waals surface area (Å²) in [5.74, 6) is 0.492. The minimum absolute atomic E-state index is 0.117. The van der Waals surface area contributed by atoms with E-state index in [0.717, 1.165) is 41.8 Å². The highest BCUT2D eigenvalue weighted by atomic mass is 16.1. The first kappa shape index (κ1) is 17.7. The van der Waals surface area contributed by atoms with Crippen molar-refractivity contribution in [3.05, 3.63) is 92.9 Å². The van der Waals surface area contributed by atoms with Crippen molar-refractivity contribution in [3.63, 3.8) is 0 Å². The predicted molar refractivity (Wildman–Crippen MR) is 114 cm³/mol. The number of rotatable bonds is 3. The second-order valence-corrected chi connectivity index (χ2v) is 7.70. The van der Waals surface area contributed by atoms with Crippen LogP contribution in [-0.2, 0) is 11.2 Å². The van der Waals surface area contributed by atoms with Gasteiger partial charge in [0.05, 0.1) is 11.3 Å². The quantitative estimate of drug-likeness (QED) is 0.707. The van der Waals surface area contributed by atoms with Crippen LogP contribution in [0.5, 0.6) is 0 Å². The van der Waals surface area contributed by atoms with Crippen LogP contribution in [0, 0.1) is 0 Å². The molecule has 0 saturated heterocycles. The minimum atomic E-state index is -0.339. The van der Waals surface area contributed by atoms with Crippen LogP contribution in [-0.4, -0.2) is 15.6 Å². The fraction of sp³-hybridized carbons (Fsp3) is 0.250. The molecule has 2 aliphatic rings. The Hall–Kier alpha value is -3.34. The van der Waals surface area contributed by atoms with Crippen molar-refractivity contribution >= 4 is 11.6 Å². The minimum Gasteiger partial charge on any atom is -0.343 e. The molecule has 0 amide bonds. The summed E-state index contributed by atoms with van der Waals surface area (Å²) in [7, 11) is 0. The summed E-state index contributed by atoms with van der Waals surface area (Å²) in [6.07, 6.45) is 3.15. The molecule has 0 radical (unpaired) electrons. The number of fused-ring (bicyclic) bond motifs is 1. The number of aromatic nitrogens is 2. The summed E-state index contributed by atoms with van der Waals surface area (Å²) in [4.78, 5) is 26.4. The number of carbonyl (C=O) groups excluding carboxylic acids is 1. The molecule has 2 heterocycles. The number of nitrogens with zero attached hydrogens (tertiary/aromatic N) is 1. The molecule has 1 aliphatic heterocycles. The predicted octanol–water partition coefficient (Wildman–Crippen LogP) is 4.29. The van der Waals surface area contributed by atoms with E-state index >= 15 is 0 Å². The van der Waals surface area contributed by atoms with E-state index in [-0.39, 0.29) is 17.3 Å². The number of aryl methyl sites for hydroxylation is 1. The molecule has 0 fully saturated rings. The molecule has 5 nitrogen and oxygen atoms in total. The summed E-state index contributed by atoms with van der Waals surface area (Å²) in [5, 5.41) is 6.60. The first-order valence-corrected chi connectivity index (χ1v) is 10.2. The number of benzene rings is 2. The Bertz CT molecular complexity index is 1170. The molecule has 1 aromatic heterocycles. The Labute approximate surface area is 169 Å². The molecule has 0 saturated carbocycles. The summed E-state index contributed by atoms with van der Waals surface area (Å²) in [6, 6.07) is 17.8. The molecule has 0 unspecified atom stereocenters. The van der Waals surface area contributed by atoms with Gasteiger partial charge in [-0.2, -0.15) is 0 Å². The van der Waals surface area contributed by atoms with Gasteiger partial charge in [-0.1, -0.05) is 49.4 Å². The summed E-state index contributed by atoms with van der Waals surface area (Å²) in [5.41, 5.74) is 5.20. The van der Waals surface area contributed by atoms with Crippen molar-refractivity contribution < 1.29 is 4.79 Å². The van der Waals surface area contributed by atoms with Gasteiger partial charge in [0, 0.05) is 23.6 Å². The van der Waals surface area contributed by atoms with Gasteiger partial charge in [-0.25, -0.2) is 4.68 Å². The molecule has 5 rings (SSSR count). The first-order chi connectivity index (χ1) is 14.2. The Morgan fingerprint density at radius 2 is 1.76 bits per heavy atom. The van der Waals surface area contributed by atoms with Crippen LogP contribution in [0.2, 0.25) is 0 Å². The lowest BCUT2D eigenvalue weighted by Crippen LogP contribution is -2.29. The van der Waals surface area contributed by atoms with Gasteiger partial charge in [-0.05, 0) is 42.5 Å². The number of nitrogens with one attached hydrogen (secondary N) is 2. The molecule has 0 bridgehead atoms. The summed E-state index contributed by atoms with van der Waals surface area (Å²) in [6.45, 7) is 2.12. The molecular weight excluding hydrogens is 362 g/mol. The lowest BCUT2D eigenvalue weighted by Gasteiger charge is -2.31. The van der Waals surface area contributed by atoms with E-state index in [4.69, 9.17) is 0 Å². The second kappa shape index (κ2) is 6.92. The summed E-state index contributed by atoms with van der Waals surface area (Å²) < 4.78 is 1.56. The third kappa shape index (κ3) is 2.85. The van der Waals surface area contributed by atoms with Gasteiger partial charge < -0.3 is 5.32 Å². The molecule has 5 heteroatoms. The molecule has 3 aromatic rings. The third-order valence-electron chi connectivity index (χ3n) is 5.97. The number of H-pyrrole nitrogens is 1. The number of aromatic amines is 1. The maximum absolute atomic E-state index is 13.5. The number of ketones is 1. The molecule has 146 valence electrons. The number of anilines is 1. The molecular formula is C24H23N3O2. The van der Waals surface area contributed by atoms with Gasteiger partial charge in [0.15, 0.2) is 5.78 Å². The lowest BCUT2D eigenvalue weighted by atomic mass is 9.76. The van der Waals surface area contributed by atoms with Gasteiger partial charge in [0.25, 0.3) is 5.56 Å². The van der Waals surface area contributed by atoms with E-state index in [9.17, 15) is 9.59 Å². The van der Waals surface area contributed by atoms with Crippen LogP contribution in [0.1, 0.15) is 48.8 Å². The fourth-order valence-corrected chi connectivity index (χ4v) is 4.47. The number of para-hydroxylation sites is 1. The number of hydrogen-bond donors (Lipinski definition) is 2. The molecule has 1 atom stereocenters. The topological polar surface area (TPSA) is 66.9 Å². The first-order valence-electron chi connectivity index (χ1n) is 10.2. The van der Waals surface area contributed by atoms with E-state index in [1.54, 1.807) is 4.68 Å². The van der Waals surface area contributed by atoms with Crippen LogP contribution in [0.15, 0.2) is 70.7 Å². The van der Waals surface area contributed by atoms with Gasteiger partial charge >= 0.3 is 0 Å². The zero-order valence-corrected chi connectivity index (χ0v) is 16.4. The van der Waals surface area contributed by atoms with Crippen LogP contribution in [0.4, 0.5) is 5.82 Å². The average molecular weight is 385 g/mol. The Morgan fingerprint density at radius 1 is 1.00 bits per heavy atom.